The highest BCUT2D eigenvalue weighted by molar-refractivity contribution is 6.29. The van der Waals surface area contributed by atoms with Crippen LogP contribution >= 0.6 is 11.6 Å². The molecule has 7 heteroatoms. The molecule has 1 heterocycles. The number of amides is 1. The number of nitrogens with one attached hydrogen (secondary N) is 2. The number of pyridine rings is 1. The van der Waals surface area contributed by atoms with Crippen molar-refractivity contribution in [3.8, 4) is 0 Å². The molecule has 3 N–H and O–H groups in total. The van der Waals surface area contributed by atoms with Crippen LogP contribution in [-0.4, -0.2) is 29.6 Å². The van der Waals surface area contributed by atoms with Crippen LogP contribution in [0.25, 0.3) is 0 Å². The predicted octanol–water partition coefficient (Wildman–Crippen LogP) is 2.38. The molecule has 0 bridgehead atoms. The normalized spacial score (nSPS) is 11.8. The Kier molecular flexibility index (Phi) is 5.30. The number of aliphatic hydroxyl groups is 1. The minimum absolute atomic E-state index is 0.0445. The Labute approximate surface area is 132 Å². The first-order valence-electron chi connectivity index (χ1n) is 6.56. The van der Waals surface area contributed by atoms with E-state index in [1.165, 1.54) is 30.3 Å². The van der Waals surface area contributed by atoms with E-state index in [4.69, 9.17) is 11.6 Å². The lowest BCUT2D eigenvalue weighted by molar-refractivity contribution is 0.0916. The maximum atomic E-state index is 13.1. The third kappa shape index (κ3) is 4.16. The molecule has 1 atom stereocenters. The lowest BCUT2D eigenvalue weighted by Crippen LogP contribution is -2.28. The van der Waals surface area contributed by atoms with Crippen molar-refractivity contribution >= 4 is 23.3 Å². The van der Waals surface area contributed by atoms with Crippen LogP contribution in [0.15, 0.2) is 36.4 Å². The fourth-order valence-electron chi connectivity index (χ4n) is 1.88. The van der Waals surface area contributed by atoms with Crippen molar-refractivity contribution in [2.45, 2.75) is 6.10 Å². The van der Waals surface area contributed by atoms with Crippen molar-refractivity contribution in [3.05, 3.63) is 58.5 Å². The number of carbonyl (C=O) groups is 1. The van der Waals surface area contributed by atoms with E-state index >= 15 is 0 Å². The van der Waals surface area contributed by atoms with Crippen molar-refractivity contribution in [1.82, 2.24) is 10.3 Å². The van der Waals surface area contributed by atoms with Gasteiger partial charge < -0.3 is 15.7 Å². The number of nitrogens with zero attached hydrogens (tertiary/aromatic N) is 1. The first-order valence-corrected chi connectivity index (χ1v) is 6.94. The Morgan fingerprint density at radius 2 is 2.18 bits per heavy atom. The van der Waals surface area contributed by atoms with Gasteiger partial charge in [-0.25, -0.2) is 9.37 Å². The zero-order chi connectivity index (χ0) is 16.1. The lowest BCUT2D eigenvalue weighted by Gasteiger charge is -2.13. The molecule has 0 unspecified atom stereocenters. The number of anilines is 1. The van der Waals surface area contributed by atoms with Crippen molar-refractivity contribution in [2.75, 3.05) is 18.9 Å². The summed E-state index contributed by atoms with van der Waals surface area (Å²) in [6.07, 6.45) is -0.999. The Hall–Kier alpha value is -2.18. The fourth-order valence-corrected chi connectivity index (χ4v) is 2.09. The van der Waals surface area contributed by atoms with Crippen LogP contribution in [0.4, 0.5) is 10.2 Å². The van der Waals surface area contributed by atoms with Gasteiger partial charge in [0.15, 0.2) is 0 Å². The molecule has 5 nitrogen and oxygen atoms in total. The van der Waals surface area contributed by atoms with Crippen molar-refractivity contribution in [2.24, 2.45) is 0 Å². The molecule has 0 aliphatic rings. The number of carbonyl (C=O) groups excluding carboxylic acids is 1. The van der Waals surface area contributed by atoms with E-state index < -0.39 is 17.8 Å². The Balaban J connectivity index is 2.02. The van der Waals surface area contributed by atoms with E-state index in [0.29, 0.717) is 16.9 Å². The van der Waals surface area contributed by atoms with Crippen LogP contribution in [0, 0.1) is 5.82 Å². The second-order valence-corrected chi connectivity index (χ2v) is 4.98. The number of hydrogen-bond acceptors (Lipinski definition) is 4. The molecule has 2 aromatic rings. The number of aromatic nitrogens is 1. The van der Waals surface area contributed by atoms with Gasteiger partial charge in [0.1, 0.15) is 16.8 Å². The highest BCUT2D eigenvalue weighted by atomic mass is 35.5. The fraction of sp³-hybridized carbons (Fsp3) is 0.200. The highest BCUT2D eigenvalue weighted by Crippen LogP contribution is 2.15. The van der Waals surface area contributed by atoms with Gasteiger partial charge in [0.2, 0.25) is 0 Å². The van der Waals surface area contributed by atoms with Gasteiger partial charge in [0.05, 0.1) is 6.10 Å². The van der Waals surface area contributed by atoms with Crippen LogP contribution in [0.2, 0.25) is 5.15 Å². The smallest absolute Gasteiger partial charge is 0.251 e. The van der Waals surface area contributed by atoms with Gasteiger partial charge in [-0.05, 0) is 29.8 Å². The zero-order valence-electron chi connectivity index (χ0n) is 11.8. The SMILES string of the molecule is CNc1cc(C(=O)NC[C@H](O)c2cccc(F)c2)cc(Cl)n1. The lowest BCUT2D eigenvalue weighted by atomic mass is 10.1. The maximum Gasteiger partial charge on any atom is 0.251 e. The molecule has 0 saturated heterocycles. The van der Waals surface area contributed by atoms with Crippen LogP contribution in [0.1, 0.15) is 22.0 Å². The summed E-state index contributed by atoms with van der Waals surface area (Å²) in [6.45, 7) is -0.0445. The molecule has 1 aromatic heterocycles. The molecule has 22 heavy (non-hydrogen) atoms. The minimum Gasteiger partial charge on any atom is -0.387 e. The van der Waals surface area contributed by atoms with E-state index in [1.807, 2.05) is 0 Å². The summed E-state index contributed by atoms with van der Waals surface area (Å²) in [6, 6.07) is 8.55. The van der Waals surface area contributed by atoms with Crippen molar-refractivity contribution in [1.29, 1.82) is 0 Å². The highest BCUT2D eigenvalue weighted by Gasteiger charge is 2.13. The molecule has 0 aliphatic heterocycles. The van der Waals surface area contributed by atoms with Crippen LogP contribution < -0.4 is 10.6 Å². The van der Waals surface area contributed by atoms with E-state index in [2.05, 4.69) is 15.6 Å². The zero-order valence-corrected chi connectivity index (χ0v) is 12.6. The number of benzene rings is 1. The molecule has 2 rings (SSSR count). The van der Waals surface area contributed by atoms with Gasteiger partial charge >= 0.3 is 0 Å². The quantitative estimate of drug-likeness (QED) is 0.739. The number of halogens is 2. The van der Waals surface area contributed by atoms with Gasteiger partial charge in [0.25, 0.3) is 5.91 Å². The molecule has 0 saturated carbocycles. The molecule has 0 aliphatic carbocycles. The third-order valence-electron chi connectivity index (χ3n) is 3.00. The average Bonchev–Trinajstić information content (AvgIpc) is 2.51. The predicted molar refractivity (Wildman–Crippen MR) is 82.5 cm³/mol. The largest absolute Gasteiger partial charge is 0.387 e. The second-order valence-electron chi connectivity index (χ2n) is 4.59. The molecule has 1 amide bonds. The van der Waals surface area contributed by atoms with Crippen molar-refractivity contribution in [3.63, 3.8) is 0 Å². The summed E-state index contributed by atoms with van der Waals surface area (Å²) >= 11 is 5.83. The average molecular weight is 324 g/mol. The maximum absolute atomic E-state index is 13.1. The van der Waals surface area contributed by atoms with E-state index in [0.717, 1.165) is 0 Å². The van der Waals surface area contributed by atoms with Crippen molar-refractivity contribution < 1.29 is 14.3 Å². The molecule has 116 valence electrons. The van der Waals surface area contributed by atoms with Crippen LogP contribution in [-0.2, 0) is 0 Å². The number of rotatable bonds is 5. The van der Waals surface area contributed by atoms with Crippen LogP contribution in [0.3, 0.4) is 0 Å². The Morgan fingerprint density at radius 1 is 1.41 bits per heavy atom. The summed E-state index contributed by atoms with van der Waals surface area (Å²) in [5, 5.41) is 15.5. The number of aliphatic hydroxyl groups excluding tert-OH is 1. The second kappa shape index (κ2) is 7.20. The van der Waals surface area contributed by atoms with Gasteiger partial charge in [-0.3, -0.25) is 4.79 Å². The van der Waals surface area contributed by atoms with Crippen LogP contribution in [0.5, 0.6) is 0 Å². The summed E-state index contributed by atoms with van der Waals surface area (Å²) in [5.41, 5.74) is 0.708. The van der Waals surface area contributed by atoms with E-state index in [9.17, 15) is 14.3 Å². The summed E-state index contributed by atoms with van der Waals surface area (Å²) < 4.78 is 13.1. The van der Waals surface area contributed by atoms with E-state index in [-0.39, 0.29) is 11.7 Å². The summed E-state index contributed by atoms with van der Waals surface area (Å²) in [7, 11) is 1.66. The third-order valence-corrected chi connectivity index (χ3v) is 3.20. The first kappa shape index (κ1) is 16.2. The molecule has 0 fully saturated rings. The molecule has 1 aromatic carbocycles. The topological polar surface area (TPSA) is 74.2 Å². The summed E-state index contributed by atoms with van der Waals surface area (Å²) in [5.74, 6) is -0.387. The molecular weight excluding hydrogens is 309 g/mol. The minimum atomic E-state index is -0.999. The van der Waals surface area contributed by atoms with Gasteiger partial charge in [-0.2, -0.15) is 0 Å². The first-order chi connectivity index (χ1) is 10.5. The molecular formula is C15H15ClFN3O2. The monoisotopic (exact) mass is 323 g/mol. The van der Waals surface area contributed by atoms with Gasteiger partial charge in [-0.1, -0.05) is 23.7 Å². The van der Waals surface area contributed by atoms with E-state index in [1.54, 1.807) is 13.1 Å². The number of hydrogen-bond donors (Lipinski definition) is 3. The van der Waals surface area contributed by atoms with Gasteiger partial charge in [-0.15, -0.1) is 0 Å². The van der Waals surface area contributed by atoms with Gasteiger partial charge in [0, 0.05) is 19.2 Å². The molecule has 0 radical (unpaired) electrons. The Morgan fingerprint density at radius 3 is 2.86 bits per heavy atom. The standard InChI is InChI=1S/C15H15ClFN3O2/c1-18-14-7-10(6-13(16)20-14)15(22)19-8-12(21)9-3-2-4-11(17)5-9/h2-7,12,21H,8H2,1H3,(H,18,20)(H,19,22)/t12-/m0/s1. The Bertz CT molecular complexity index is 682. The summed E-state index contributed by atoms with van der Waals surface area (Å²) in [4.78, 5) is 16.0. The molecule has 0 spiro atoms.